The summed E-state index contributed by atoms with van der Waals surface area (Å²) in [5, 5.41) is 3.62. The van der Waals surface area contributed by atoms with E-state index in [1.165, 1.54) is 29.5 Å². The Balaban J connectivity index is 1.45. The molecule has 5 aromatic rings. The molecule has 7 rings (SSSR count). The molecule has 1 atom stereocenters. The van der Waals surface area contributed by atoms with E-state index in [-0.39, 0.29) is 24.0 Å². The van der Waals surface area contributed by atoms with Gasteiger partial charge in [0.2, 0.25) is 5.91 Å². The molecule has 0 aliphatic carbocycles. The second kappa shape index (κ2) is 11.8. The molecule has 12 heteroatoms. The average molecular weight is 661 g/mol. The van der Waals surface area contributed by atoms with Crippen molar-refractivity contribution in [1.82, 2.24) is 14.9 Å². The van der Waals surface area contributed by atoms with E-state index in [1.807, 2.05) is 29.6 Å². The maximum absolute atomic E-state index is 14.6. The Kier molecular flexibility index (Phi) is 7.76. The van der Waals surface area contributed by atoms with Gasteiger partial charge in [0, 0.05) is 57.8 Å². The molecule has 1 unspecified atom stereocenters. The zero-order chi connectivity index (χ0) is 31.3. The summed E-state index contributed by atoms with van der Waals surface area (Å²) in [6.07, 6.45) is 1.95. The second-order valence-electron chi connectivity index (χ2n) is 11.0. The highest BCUT2D eigenvalue weighted by Crippen LogP contribution is 2.47. The Morgan fingerprint density at radius 2 is 1.98 bits per heavy atom. The van der Waals surface area contributed by atoms with Crippen molar-refractivity contribution in [2.75, 3.05) is 26.9 Å². The number of carbonyl (C=O) groups excluding carboxylic acids is 1. The molecule has 230 valence electrons. The average Bonchev–Trinajstić information content (AvgIpc) is 3.75. The zero-order valence-electron chi connectivity index (χ0n) is 24.4. The number of amides is 1. The highest BCUT2D eigenvalue weighted by Gasteiger charge is 2.29. The number of halogens is 1. The van der Waals surface area contributed by atoms with Gasteiger partial charge in [-0.1, -0.05) is 18.7 Å². The number of methoxy groups -OCH3 is 1. The van der Waals surface area contributed by atoms with Crippen LogP contribution in [0.5, 0.6) is 5.75 Å². The molecule has 0 saturated carbocycles. The fourth-order valence-electron chi connectivity index (χ4n) is 5.92. The topological polar surface area (TPSA) is 105 Å². The van der Waals surface area contributed by atoms with Gasteiger partial charge in [-0.25, -0.2) is 18.6 Å². The standard InChI is InChI=1S/C33H29FN4O4S3/c1-3-28(39)38-10-8-25-27(16-38)44-33(36-25)31-29(23-7-6-22(34)15-26(23)42-12-11-41-2)32-24(9-13-43-32)30(37-31)19-4-5-20-17-45(35,40)18-21(20)14-19/h3-7,9,13-15,35H,1,8,10-12,16-18H2,2H3. The number of hydrogen-bond donors (Lipinski definition) is 1. The minimum atomic E-state index is -2.68. The van der Waals surface area contributed by atoms with Crippen LogP contribution in [-0.2, 0) is 43.7 Å². The maximum atomic E-state index is 14.6. The third kappa shape index (κ3) is 5.56. The number of rotatable bonds is 8. The first-order valence-corrected chi connectivity index (χ1v) is 17.9. The predicted molar refractivity (Wildman–Crippen MR) is 177 cm³/mol. The quantitative estimate of drug-likeness (QED) is 0.141. The van der Waals surface area contributed by atoms with Crippen molar-refractivity contribution >= 4 is 48.4 Å². The van der Waals surface area contributed by atoms with Crippen molar-refractivity contribution in [3.05, 3.63) is 88.0 Å². The van der Waals surface area contributed by atoms with Gasteiger partial charge in [0.25, 0.3) is 0 Å². The largest absolute Gasteiger partial charge is 0.490 e. The van der Waals surface area contributed by atoms with Gasteiger partial charge in [-0.3, -0.25) is 9.57 Å². The Labute approximate surface area is 268 Å². The van der Waals surface area contributed by atoms with Crippen LogP contribution in [0.15, 0.2) is 60.5 Å². The maximum Gasteiger partial charge on any atom is 0.246 e. The smallest absolute Gasteiger partial charge is 0.246 e. The lowest BCUT2D eigenvalue weighted by molar-refractivity contribution is -0.126. The molecule has 5 heterocycles. The normalized spacial score (nSPS) is 17.3. The number of pyridine rings is 1. The number of benzene rings is 2. The molecular weight excluding hydrogens is 632 g/mol. The number of thiazole rings is 1. The summed E-state index contributed by atoms with van der Waals surface area (Å²) < 4.78 is 47.5. The molecule has 0 fully saturated rings. The molecule has 2 aliphatic rings. The van der Waals surface area contributed by atoms with Gasteiger partial charge in [0.15, 0.2) is 0 Å². The number of nitrogens with one attached hydrogen (secondary N) is 1. The molecule has 45 heavy (non-hydrogen) atoms. The van der Waals surface area contributed by atoms with E-state index in [1.54, 1.807) is 29.4 Å². The summed E-state index contributed by atoms with van der Waals surface area (Å²) in [4.78, 5) is 25.5. The van der Waals surface area contributed by atoms with Crippen LogP contribution in [0.2, 0.25) is 0 Å². The highest BCUT2D eigenvalue weighted by molar-refractivity contribution is 7.91. The third-order valence-electron chi connectivity index (χ3n) is 8.04. The first kappa shape index (κ1) is 29.7. The zero-order valence-corrected chi connectivity index (χ0v) is 26.9. The summed E-state index contributed by atoms with van der Waals surface area (Å²) in [6, 6.07) is 12.5. The summed E-state index contributed by atoms with van der Waals surface area (Å²) in [5.41, 5.74) is 6.50. The molecule has 0 saturated heterocycles. The van der Waals surface area contributed by atoms with E-state index in [2.05, 4.69) is 6.58 Å². The van der Waals surface area contributed by atoms with Gasteiger partial charge < -0.3 is 14.4 Å². The van der Waals surface area contributed by atoms with Crippen LogP contribution in [-0.4, -0.2) is 51.9 Å². The fourth-order valence-corrected chi connectivity index (χ4v) is 9.66. The van der Waals surface area contributed by atoms with E-state index >= 15 is 0 Å². The molecule has 1 N–H and O–H groups in total. The SMILES string of the molecule is C=CC(=O)N1CCc2nc(-c3nc(-c4ccc5c(c4)CS(=N)(=O)C5)c4ccsc4c3-c3ccc(F)cc3OCCOC)sc2C1. The number of fused-ring (bicyclic) bond motifs is 3. The van der Waals surface area contributed by atoms with Crippen LogP contribution >= 0.6 is 22.7 Å². The van der Waals surface area contributed by atoms with Gasteiger partial charge in [0.05, 0.1) is 45.8 Å². The Bertz CT molecular complexity index is 2100. The monoisotopic (exact) mass is 660 g/mol. The number of hydrogen-bond acceptors (Lipinski definition) is 9. The predicted octanol–water partition coefficient (Wildman–Crippen LogP) is 7.05. The fraction of sp³-hybridized carbons (Fsp3) is 0.242. The van der Waals surface area contributed by atoms with Crippen molar-refractivity contribution in [2.24, 2.45) is 0 Å². The minimum Gasteiger partial charge on any atom is -0.490 e. The number of thiophene rings is 1. The van der Waals surface area contributed by atoms with Crippen molar-refractivity contribution in [3.8, 4) is 38.8 Å². The molecule has 3 aromatic heterocycles. The molecular formula is C33H29FN4O4S3. The minimum absolute atomic E-state index is 0.117. The molecule has 0 spiro atoms. The van der Waals surface area contributed by atoms with Crippen LogP contribution < -0.4 is 4.74 Å². The molecule has 2 aliphatic heterocycles. The van der Waals surface area contributed by atoms with E-state index in [0.717, 1.165) is 48.6 Å². The molecule has 8 nitrogen and oxygen atoms in total. The van der Waals surface area contributed by atoms with Crippen LogP contribution in [0.4, 0.5) is 4.39 Å². The van der Waals surface area contributed by atoms with Crippen molar-refractivity contribution < 1.29 is 22.9 Å². The van der Waals surface area contributed by atoms with Gasteiger partial charge in [-0.05, 0) is 46.8 Å². The Morgan fingerprint density at radius 1 is 1.13 bits per heavy atom. The van der Waals surface area contributed by atoms with E-state index in [4.69, 9.17) is 24.2 Å². The first-order chi connectivity index (χ1) is 21.7. The van der Waals surface area contributed by atoms with Crippen molar-refractivity contribution in [3.63, 3.8) is 0 Å². The molecule has 0 radical (unpaired) electrons. The van der Waals surface area contributed by atoms with Gasteiger partial charge in [-0.2, -0.15) is 0 Å². The summed E-state index contributed by atoms with van der Waals surface area (Å²) in [6.45, 7) is 5.23. The van der Waals surface area contributed by atoms with Crippen LogP contribution in [0.1, 0.15) is 21.7 Å². The molecule has 0 bridgehead atoms. The summed E-state index contributed by atoms with van der Waals surface area (Å²) >= 11 is 3.06. The van der Waals surface area contributed by atoms with Gasteiger partial charge in [-0.15, -0.1) is 22.7 Å². The Morgan fingerprint density at radius 3 is 2.80 bits per heavy atom. The first-order valence-electron chi connectivity index (χ1n) is 14.3. The van der Waals surface area contributed by atoms with Crippen molar-refractivity contribution in [2.45, 2.75) is 24.5 Å². The lowest BCUT2D eigenvalue weighted by atomic mass is 9.97. The molecule has 2 aromatic carbocycles. The van der Waals surface area contributed by atoms with Crippen LogP contribution in [0.25, 0.3) is 43.2 Å². The number of aromatic nitrogens is 2. The summed E-state index contributed by atoms with van der Waals surface area (Å²) in [7, 11) is -1.09. The number of nitrogens with zero attached hydrogens (tertiary/aromatic N) is 3. The Hall–Kier alpha value is -3.97. The second-order valence-corrected chi connectivity index (χ2v) is 15.2. The highest BCUT2D eigenvalue weighted by atomic mass is 32.2. The van der Waals surface area contributed by atoms with E-state index < -0.39 is 15.5 Å². The van der Waals surface area contributed by atoms with Crippen molar-refractivity contribution in [1.29, 1.82) is 4.78 Å². The number of carbonyl (C=O) groups is 1. The lowest BCUT2D eigenvalue weighted by Crippen LogP contribution is -2.34. The van der Waals surface area contributed by atoms with E-state index in [0.29, 0.717) is 48.1 Å². The lowest BCUT2D eigenvalue weighted by Gasteiger charge is -2.24. The van der Waals surface area contributed by atoms with Gasteiger partial charge in [0.1, 0.15) is 28.9 Å². The van der Waals surface area contributed by atoms with Crippen LogP contribution in [0, 0.1) is 10.6 Å². The summed E-state index contributed by atoms with van der Waals surface area (Å²) in [5.74, 6) is 0.338. The van der Waals surface area contributed by atoms with Gasteiger partial charge >= 0.3 is 0 Å². The van der Waals surface area contributed by atoms with E-state index in [9.17, 15) is 13.4 Å². The van der Waals surface area contributed by atoms with Crippen LogP contribution in [0.3, 0.4) is 0 Å². The third-order valence-corrected chi connectivity index (χ3v) is 11.6. The molecule has 1 amide bonds. The number of ether oxygens (including phenoxy) is 2.